The molecule has 88 valence electrons. The van der Waals surface area contributed by atoms with E-state index < -0.39 is 20.7 Å². The minimum absolute atomic E-state index is 0. The Bertz CT molecular complexity index is 256. The smallest absolute Gasteiger partial charge is 1.00 e. The number of nitrogens with zero attached hydrogens (tertiary/aromatic N) is 1. The predicted molar refractivity (Wildman–Crippen MR) is 50.3 cm³/mol. The summed E-state index contributed by atoms with van der Waals surface area (Å²) in [5.41, 5.74) is 0. The summed E-state index contributed by atoms with van der Waals surface area (Å²) >= 11 is 0. The van der Waals surface area contributed by atoms with Crippen molar-refractivity contribution in [2.45, 2.75) is 0 Å². The van der Waals surface area contributed by atoms with Crippen LogP contribution in [0.5, 0.6) is 0 Å². The van der Waals surface area contributed by atoms with Crippen LogP contribution in [0.25, 0.3) is 0 Å². The molecule has 0 radical (unpaired) electrons. The van der Waals surface area contributed by atoms with Crippen LogP contribution in [0.15, 0.2) is 0 Å². The van der Waals surface area contributed by atoms with Crippen LogP contribution in [0, 0.1) is 10.1 Å². The molecule has 15 heteroatoms. The first kappa shape index (κ1) is 25.7. The van der Waals surface area contributed by atoms with Gasteiger partial charge in [0, 0.05) is 0 Å². The summed E-state index contributed by atoms with van der Waals surface area (Å²) < 4.78 is 21.2. The first-order valence-corrected chi connectivity index (χ1v) is 5.19. The zero-order valence-corrected chi connectivity index (χ0v) is 13.2. The molecule has 0 aromatic heterocycles. The number of phosphoric acid groups is 2. The molecule has 0 aromatic rings. The van der Waals surface area contributed by atoms with Crippen LogP contribution in [-0.2, 0) is 13.8 Å². The normalized spacial score (nSPS) is 9.67. The Hall–Kier alpha value is 1.98. The van der Waals surface area contributed by atoms with Gasteiger partial charge in [-0.25, -0.2) is 9.13 Å². The van der Waals surface area contributed by atoms with Crippen LogP contribution in [0.3, 0.4) is 0 Å². The molecule has 0 saturated heterocycles. The monoisotopic (exact) mass is 325 g/mol. The topological polar surface area (TPSA) is 188 Å². The molecule has 0 heterocycles. The van der Waals surface area contributed by atoms with Crippen molar-refractivity contribution in [2.24, 2.45) is 0 Å². The fourth-order valence-electron chi connectivity index (χ4n) is 0.0868. The molecule has 0 aliphatic rings. The maximum atomic E-state index is 9.47. The van der Waals surface area contributed by atoms with Crippen molar-refractivity contribution in [2.75, 3.05) is 0 Å². The fourth-order valence-corrected chi connectivity index (χ4v) is 0.261. The van der Waals surface area contributed by atoms with Crippen LogP contribution < -0.4 is 0 Å². The van der Waals surface area contributed by atoms with E-state index in [9.17, 15) is 4.57 Å². The van der Waals surface area contributed by atoms with Crippen molar-refractivity contribution in [1.82, 2.24) is 0 Å². The van der Waals surface area contributed by atoms with Gasteiger partial charge in [0.05, 0.1) is 0 Å². The van der Waals surface area contributed by atoms with E-state index in [1.165, 1.54) is 0 Å². The SMILES string of the molecule is O=P(O)(O)O.O=[N+]([O-])OP(=O)(O)O.[Ca+2].[Ca+2].[H-].[H-].[H-].[H-]. The first-order chi connectivity index (χ1) is 5.42. The van der Waals surface area contributed by atoms with E-state index in [4.69, 9.17) is 39.1 Å². The van der Waals surface area contributed by atoms with Gasteiger partial charge < -0.3 is 30.2 Å². The van der Waals surface area contributed by atoms with Gasteiger partial charge in [-0.1, -0.05) is 0 Å². The van der Waals surface area contributed by atoms with E-state index in [2.05, 4.69) is 4.62 Å². The summed E-state index contributed by atoms with van der Waals surface area (Å²) in [6.45, 7) is 0. The van der Waals surface area contributed by atoms with E-state index in [0.717, 1.165) is 0 Å². The minimum atomic E-state index is -4.92. The van der Waals surface area contributed by atoms with Crippen LogP contribution in [-0.4, -0.2) is 105 Å². The summed E-state index contributed by atoms with van der Waals surface area (Å²) in [4.78, 5) is 45.9. The van der Waals surface area contributed by atoms with Gasteiger partial charge in [0.25, 0.3) is 0 Å². The third-order valence-corrected chi connectivity index (χ3v) is 0.519. The van der Waals surface area contributed by atoms with E-state index >= 15 is 0 Å². The molecule has 0 rings (SSSR count). The molecule has 0 aromatic carbocycles. The molecule has 0 aliphatic heterocycles. The Kier molecular flexibility index (Phi) is 19.0. The van der Waals surface area contributed by atoms with Crippen LogP contribution in [0.4, 0.5) is 0 Å². The van der Waals surface area contributed by atoms with E-state index in [1.54, 1.807) is 0 Å². The third kappa shape index (κ3) is 64.1. The molecule has 0 unspecified atom stereocenters. The van der Waals surface area contributed by atoms with Crippen LogP contribution in [0.1, 0.15) is 5.71 Å². The van der Waals surface area contributed by atoms with Crippen molar-refractivity contribution in [3.8, 4) is 0 Å². The molecular weight excluding hydrogens is 316 g/mol. The summed E-state index contributed by atoms with van der Waals surface area (Å²) in [5, 5.41) is 7.55. The summed E-state index contributed by atoms with van der Waals surface area (Å²) in [7, 11) is -9.56. The summed E-state index contributed by atoms with van der Waals surface area (Å²) in [6.07, 6.45) is 0. The fraction of sp³-hybridized carbons (Fsp3) is 0. The largest absolute Gasteiger partial charge is 2.00 e. The quantitative estimate of drug-likeness (QED) is 0.165. The van der Waals surface area contributed by atoms with Gasteiger partial charge in [-0.3, -0.25) is 0 Å². The second-order valence-corrected chi connectivity index (χ2v) is 3.48. The van der Waals surface area contributed by atoms with Crippen molar-refractivity contribution >= 4 is 91.1 Å². The third-order valence-electron chi connectivity index (χ3n) is 0.173. The molecule has 0 fully saturated rings. The van der Waals surface area contributed by atoms with Crippen LogP contribution >= 0.6 is 15.6 Å². The first-order valence-electron chi connectivity index (χ1n) is 2.10. The molecule has 5 N–H and O–H groups in total. The van der Waals surface area contributed by atoms with E-state index in [1.807, 2.05) is 0 Å². The van der Waals surface area contributed by atoms with Gasteiger partial charge in [0.1, 0.15) is 0 Å². The predicted octanol–water partition coefficient (Wildman–Crippen LogP) is -1.95. The second-order valence-electron chi connectivity index (χ2n) is 1.31. The average Bonchev–Trinajstić information content (AvgIpc) is 1.47. The van der Waals surface area contributed by atoms with Crippen molar-refractivity contribution in [3.05, 3.63) is 10.1 Å². The van der Waals surface area contributed by atoms with E-state index in [0.29, 0.717) is 0 Å². The van der Waals surface area contributed by atoms with Crippen molar-refractivity contribution in [1.29, 1.82) is 0 Å². The molecule has 0 bridgehead atoms. The van der Waals surface area contributed by atoms with Gasteiger partial charge in [0.15, 0.2) is 0 Å². The molecule has 0 spiro atoms. The van der Waals surface area contributed by atoms with Crippen molar-refractivity contribution in [3.63, 3.8) is 0 Å². The van der Waals surface area contributed by atoms with Gasteiger partial charge in [-0.05, 0) is 0 Å². The van der Waals surface area contributed by atoms with Gasteiger partial charge in [-0.2, -0.15) is 4.62 Å². The number of hydrogen-bond acceptors (Lipinski definition) is 5. The molecular formula is H9Ca2NO10P2. The minimum Gasteiger partial charge on any atom is -1.00 e. The van der Waals surface area contributed by atoms with Crippen LogP contribution in [0.2, 0.25) is 0 Å². The molecule has 15 heavy (non-hydrogen) atoms. The van der Waals surface area contributed by atoms with Crippen molar-refractivity contribution < 1.29 is 49.0 Å². The maximum absolute atomic E-state index is 9.47. The molecule has 11 nitrogen and oxygen atoms in total. The summed E-state index contributed by atoms with van der Waals surface area (Å²) in [6, 6.07) is 0. The Balaban J connectivity index is -0.0000000169. The Morgan fingerprint density at radius 2 is 1.27 bits per heavy atom. The molecule has 0 saturated carbocycles. The second kappa shape index (κ2) is 11.1. The molecule has 0 aliphatic carbocycles. The van der Waals surface area contributed by atoms with Gasteiger partial charge in [-0.15, -0.1) is 10.1 Å². The zero-order valence-electron chi connectivity index (χ0n) is 11.0. The average molecular weight is 325 g/mol. The Labute approximate surface area is 148 Å². The number of hydrogen-bond donors (Lipinski definition) is 5. The summed E-state index contributed by atoms with van der Waals surface area (Å²) in [5.74, 6) is 0. The maximum Gasteiger partial charge on any atom is 2.00 e. The molecule has 0 amide bonds. The van der Waals surface area contributed by atoms with Gasteiger partial charge >= 0.3 is 96.2 Å². The van der Waals surface area contributed by atoms with E-state index in [-0.39, 0.29) is 81.2 Å². The Morgan fingerprint density at radius 3 is 1.27 bits per heavy atom. The zero-order chi connectivity index (χ0) is 11.3. The standard InChI is InChI=1S/2Ca.H2NO6P.H3O4P.4H/c;;2-1(3)7-8(4,5)6;1-5(2,3)4;;;;/h;;(H2,4,5,6);(H3,1,2,3,4);;;;/q2*+2;;;4*-1. The number of rotatable bonds is 2. The Morgan fingerprint density at radius 1 is 1.07 bits per heavy atom. The van der Waals surface area contributed by atoms with Gasteiger partial charge in [0.2, 0.25) is 0 Å². The molecule has 0 atom stereocenters.